The van der Waals surface area contributed by atoms with Gasteiger partial charge in [-0.25, -0.2) is 9.59 Å². The van der Waals surface area contributed by atoms with Gasteiger partial charge in [0, 0.05) is 22.3 Å². The molecule has 0 heterocycles. The van der Waals surface area contributed by atoms with Crippen molar-refractivity contribution in [1.82, 2.24) is 10.6 Å². The van der Waals surface area contributed by atoms with E-state index in [2.05, 4.69) is 36.6 Å². The van der Waals surface area contributed by atoms with E-state index >= 15 is 0 Å². The number of methoxy groups -OCH3 is 1. The van der Waals surface area contributed by atoms with Crippen molar-refractivity contribution in [2.24, 2.45) is 0 Å². The average Bonchev–Trinajstić information content (AvgIpc) is 2.64. The second kappa shape index (κ2) is 12.0. The normalized spacial score (nSPS) is 11.0. The van der Waals surface area contributed by atoms with Crippen LogP contribution in [0.4, 0.5) is 15.3 Å². The van der Waals surface area contributed by atoms with Crippen LogP contribution >= 0.6 is 15.9 Å². The fourth-order valence-corrected chi connectivity index (χ4v) is 2.67. The lowest BCUT2D eigenvalue weighted by atomic mass is 10.1. The zero-order chi connectivity index (χ0) is 22.7. The van der Waals surface area contributed by atoms with Gasteiger partial charge in [-0.3, -0.25) is 14.9 Å². The highest BCUT2D eigenvalue weighted by molar-refractivity contribution is 9.10. The van der Waals surface area contributed by atoms with Crippen molar-refractivity contribution in [2.75, 3.05) is 25.5 Å². The number of anilines is 1. The van der Waals surface area contributed by atoms with Crippen molar-refractivity contribution in [3.8, 4) is 0 Å². The minimum atomic E-state index is -0.624. The smallest absolute Gasteiger partial charge is 0.411 e. The molecule has 164 valence electrons. The third-order valence-electron chi connectivity index (χ3n) is 3.37. The second-order valence-electron chi connectivity index (χ2n) is 7.07. The molecule has 30 heavy (non-hydrogen) atoms. The maximum Gasteiger partial charge on any atom is 0.411 e. The molecule has 1 aromatic rings. The van der Waals surface area contributed by atoms with E-state index in [0.29, 0.717) is 28.7 Å². The van der Waals surface area contributed by atoms with E-state index in [9.17, 15) is 19.2 Å². The van der Waals surface area contributed by atoms with E-state index in [1.54, 1.807) is 39.0 Å². The quantitative estimate of drug-likeness (QED) is 0.295. The van der Waals surface area contributed by atoms with Gasteiger partial charge in [-0.1, -0.05) is 6.08 Å². The van der Waals surface area contributed by atoms with Crippen molar-refractivity contribution in [3.05, 3.63) is 40.4 Å². The van der Waals surface area contributed by atoms with Crippen LogP contribution in [-0.2, 0) is 14.3 Å². The van der Waals surface area contributed by atoms with Gasteiger partial charge in [0.15, 0.2) is 5.78 Å². The summed E-state index contributed by atoms with van der Waals surface area (Å²) in [4.78, 5) is 46.8. The highest BCUT2D eigenvalue weighted by Gasteiger charge is 2.15. The van der Waals surface area contributed by atoms with Gasteiger partial charge >= 0.3 is 12.2 Å². The Morgan fingerprint density at radius 2 is 1.80 bits per heavy atom. The first kappa shape index (κ1) is 25.2. The van der Waals surface area contributed by atoms with Gasteiger partial charge in [0.1, 0.15) is 5.60 Å². The Bertz CT molecular complexity index is 817. The van der Waals surface area contributed by atoms with Crippen molar-refractivity contribution in [2.45, 2.75) is 32.8 Å². The van der Waals surface area contributed by atoms with E-state index in [4.69, 9.17) is 4.74 Å². The number of hydrogen-bond acceptors (Lipinski definition) is 6. The Hall–Kier alpha value is -2.88. The van der Waals surface area contributed by atoms with Crippen LogP contribution in [-0.4, -0.2) is 49.7 Å². The maximum atomic E-state index is 12.3. The van der Waals surface area contributed by atoms with E-state index in [1.807, 2.05) is 0 Å². The monoisotopic (exact) mass is 483 g/mol. The lowest BCUT2D eigenvalue weighted by molar-refractivity contribution is -0.116. The molecule has 0 saturated carbocycles. The lowest BCUT2D eigenvalue weighted by Crippen LogP contribution is -2.32. The molecule has 0 aromatic heterocycles. The number of Topliss-reactive ketones (excluding diaryl/α,β-unsaturated/α-hetero) is 1. The zero-order valence-electron chi connectivity index (χ0n) is 17.3. The summed E-state index contributed by atoms with van der Waals surface area (Å²) in [5, 5.41) is 7.56. The summed E-state index contributed by atoms with van der Waals surface area (Å²) in [5.74, 6) is -0.736. The number of amides is 3. The molecule has 0 saturated heterocycles. The highest BCUT2D eigenvalue weighted by Crippen LogP contribution is 2.22. The predicted octanol–water partition coefficient (Wildman–Crippen LogP) is 3.40. The molecular weight excluding hydrogens is 458 g/mol. The number of hydrogen-bond donors (Lipinski definition) is 3. The van der Waals surface area contributed by atoms with Crippen LogP contribution in [0.1, 0.15) is 37.6 Å². The summed E-state index contributed by atoms with van der Waals surface area (Å²) < 4.78 is 10.1. The zero-order valence-corrected chi connectivity index (χ0v) is 18.9. The molecule has 0 unspecified atom stereocenters. The maximum absolute atomic E-state index is 12.3. The van der Waals surface area contributed by atoms with Crippen molar-refractivity contribution in [1.29, 1.82) is 0 Å². The number of alkyl carbamates (subject to hydrolysis) is 1. The van der Waals surface area contributed by atoms with Crippen LogP contribution in [0.2, 0.25) is 0 Å². The summed E-state index contributed by atoms with van der Waals surface area (Å²) in [6, 6.07) is 4.64. The molecular formula is C20H26BrN3O6. The molecule has 0 aliphatic carbocycles. The second-order valence-corrected chi connectivity index (χ2v) is 7.93. The molecule has 0 bridgehead atoms. The SMILES string of the molecule is COC(=O)Nc1ccc(C(=O)CNC(=O)C=CCCNC(=O)OC(C)(C)C)c(Br)c1. The van der Waals surface area contributed by atoms with Crippen LogP contribution in [0.15, 0.2) is 34.8 Å². The first-order chi connectivity index (χ1) is 14.0. The Morgan fingerprint density at radius 3 is 2.40 bits per heavy atom. The molecule has 10 heteroatoms. The molecule has 0 radical (unpaired) electrons. The van der Waals surface area contributed by atoms with Gasteiger partial charge in [-0.15, -0.1) is 0 Å². The third-order valence-corrected chi connectivity index (χ3v) is 4.03. The van der Waals surface area contributed by atoms with Gasteiger partial charge < -0.3 is 20.1 Å². The minimum Gasteiger partial charge on any atom is -0.453 e. The van der Waals surface area contributed by atoms with Gasteiger partial charge in [0.05, 0.1) is 13.7 Å². The van der Waals surface area contributed by atoms with E-state index in [0.717, 1.165) is 0 Å². The molecule has 1 aromatic carbocycles. The highest BCUT2D eigenvalue weighted by atomic mass is 79.9. The topological polar surface area (TPSA) is 123 Å². The molecule has 0 fully saturated rings. The summed E-state index contributed by atoms with van der Waals surface area (Å²) >= 11 is 3.27. The molecule has 9 nitrogen and oxygen atoms in total. The van der Waals surface area contributed by atoms with Crippen molar-refractivity contribution in [3.63, 3.8) is 0 Å². The molecule has 0 aliphatic heterocycles. The fraction of sp³-hybridized carbons (Fsp3) is 0.400. The average molecular weight is 484 g/mol. The Kier molecular flexibility index (Phi) is 10.0. The van der Waals surface area contributed by atoms with Crippen LogP contribution < -0.4 is 16.0 Å². The third kappa shape index (κ3) is 10.1. The molecule has 3 amide bonds. The first-order valence-electron chi connectivity index (χ1n) is 9.11. The molecule has 0 spiro atoms. The fourth-order valence-electron chi connectivity index (χ4n) is 2.07. The number of halogens is 1. The Balaban J connectivity index is 2.40. The number of carbonyl (C=O) groups is 4. The molecule has 1 rings (SSSR count). The van der Waals surface area contributed by atoms with Gasteiger partial charge in [-0.05, 0) is 67.4 Å². The number of rotatable bonds is 8. The largest absolute Gasteiger partial charge is 0.453 e. The van der Waals surface area contributed by atoms with Gasteiger partial charge in [0.2, 0.25) is 5.91 Å². The molecule has 3 N–H and O–H groups in total. The summed E-state index contributed by atoms with van der Waals surface area (Å²) in [5.41, 5.74) is 0.243. The summed E-state index contributed by atoms with van der Waals surface area (Å²) in [6.07, 6.45) is 2.16. The standard InChI is InChI=1S/C20H26BrN3O6/c1-20(2,3)30-18(27)22-10-6-5-7-17(26)23-12-16(25)14-9-8-13(11-15(14)21)24-19(28)29-4/h5,7-9,11H,6,10,12H2,1-4H3,(H,22,27)(H,23,26)(H,24,28). The first-order valence-corrected chi connectivity index (χ1v) is 9.90. The van der Waals surface area contributed by atoms with Crippen molar-refractivity contribution >= 4 is 45.5 Å². The summed E-state index contributed by atoms with van der Waals surface area (Å²) in [7, 11) is 1.25. The van der Waals surface area contributed by atoms with Crippen LogP contribution in [0.25, 0.3) is 0 Å². The van der Waals surface area contributed by atoms with Gasteiger partial charge in [-0.2, -0.15) is 0 Å². The number of benzene rings is 1. The molecule has 0 atom stereocenters. The van der Waals surface area contributed by atoms with Crippen LogP contribution in [0.3, 0.4) is 0 Å². The number of ether oxygens (including phenoxy) is 2. The van der Waals surface area contributed by atoms with Crippen LogP contribution in [0, 0.1) is 0 Å². The Labute approximate surface area is 183 Å². The molecule has 0 aliphatic rings. The lowest BCUT2D eigenvalue weighted by Gasteiger charge is -2.19. The van der Waals surface area contributed by atoms with Crippen molar-refractivity contribution < 1.29 is 28.7 Å². The van der Waals surface area contributed by atoms with Gasteiger partial charge in [0.25, 0.3) is 0 Å². The summed E-state index contributed by atoms with van der Waals surface area (Å²) in [6.45, 7) is 5.43. The van der Waals surface area contributed by atoms with Crippen LogP contribution in [0.5, 0.6) is 0 Å². The minimum absolute atomic E-state index is 0.193. The number of carbonyl (C=O) groups excluding carboxylic acids is 4. The number of ketones is 1. The predicted molar refractivity (Wildman–Crippen MR) is 116 cm³/mol. The van der Waals surface area contributed by atoms with E-state index in [1.165, 1.54) is 19.3 Å². The number of nitrogens with one attached hydrogen (secondary N) is 3. The Morgan fingerprint density at radius 1 is 1.10 bits per heavy atom. The van der Waals surface area contributed by atoms with E-state index in [-0.39, 0.29) is 12.3 Å². The van der Waals surface area contributed by atoms with E-state index < -0.39 is 23.7 Å².